The van der Waals surface area contributed by atoms with Gasteiger partial charge in [-0.1, -0.05) is 24.9 Å². The third kappa shape index (κ3) is 3.39. The predicted octanol–water partition coefficient (Wildman–Crippen LogP) is 4.43. The number of hydrogen-bond donors (Lipinski definition) is 0. The van der Waals surface area contributed by atoms with Crippen LogP contribution in [-0.2, 0) is 16.4 Å². The number of hydrogen-bond acceptors (Lipinski definition) is 3. The summed E-state index contributed by atoms with van der Waals surface area (Å²) in [7, 11) is -4.05. The van der Waals surface area contributed by atoms with E-state index < -0.39 is 21.1 Å². The van der Waals surface area contributed by atoms with Crippen LogP contribution in [0.25, 0.3) is 10.9 Å². The van der Waals surface area contributed by atoms with Crippen LogP contribution in [0, 0.1) is 5.82 Å². The van der Waals surface area contributed by atoms with Crippen LogP contribution in [0.1, 0.15) is 19.8 Å². The number of nitrogens with zero attached hydrogens (tertiary/aromatic N) is 1. The molecule has 0 aliphatic carbocycles. The van der Waals surface area contributed by atoms with Crippen molar-refractivity contribution in [2.75, 3.05) is 0 Å². The van der Waals surface area contributed by atoms with Crippen LogP contribution in [-0.4, -0.2) is 13.0 Å². The van der Waals surface area contributed by atoms with Crippen LogP contribution in [0.4, 0.5) is 4.39 Å². The molecule has 0 fully saturated rings. The maximum atomic E-state index is 13.7. The van der Waals surface area contributed by atoms with E-state index in [1.807, 2.05) is 6.92 Å². The molecule has 136 valence electrons. The summed E-state index contributed by atoms with van der Waals surface area (Å²) in [6.07, 6.45) is 3.05. The summed E-state index contributed by atoms with van der Waals surface area (Å²) in [6.45, 7) is 2.54. The molecule has 0 aliphatic rings. The largest absolute Gasteiger partial charge is 0.346 e. The molecule has 0 atom stereocenters. The SMILES string of the molecule is CCCCn1cc(S(=O)(=O)c2ccc(Cl)cc2)c(=O)c2cc(F)ccc21. The van der Waals surface area contributed by atoms with Crippen LogP contribution in [0.3, 0.4) is 0 Å². The van der Waals surface area contributed by atoms with Crippen molar-refractivity contribution in [2.24, 2.45) is 0 Å². The first-order chi connectivity index (χ1) is 12.3. The van der Waals surface area contributed by atoms with Crippen molar-refractivity contribution in [1.82, 2.24) is 4.57 Å². The zero-order chi connectivity index (χ0) is 18.9. The van der Waals surface area contributed by atoms with E-state index in [0.717, 1.165) is 18.9 Å². The number of aromatic nitrogens is 1. The van der Waals surface area contributed by atoms with Gasteiger partial charge in [0.25, 0.3) is 0 Å². The van der Waals surface area contributed by atoms with Crippen molar-refractivity contribution >= 4 is 32.3 Å². The first-order valence-corrected chi connectivity index (χ1v) is 10.0. The Morgan fingerprint density at radius 2 is 1.81 bits per heavy atom. The number of sulfone groups is 1. The molecule has 0 saturated carbocycles. The molecule has 2 aromatic carbocycles. The summed E-state index contributed by atoms with van der Waals surface area (Å²) in [6, 6.07) is 9.45. The molecular weight excluding hydrogens is 377 g/mol. The van der Waals surface area contributed by atoms with E-state index in [0.29, 0.717) is 17.1 Å². The summed E-state index contributed by atoms with van der Waals surface area (Å²) in [5.74, 6) is -0.585. The van der Waals surface area contributed by atoms with Crippen molar-refractivity contribution in [2.45, 2.75) is 36.1 Å². The average molecular weight is 394 g/mol. The van der Waals surface area contributed by atoms with E-state index >= 15 is 0 Å². The number of halogens is 2. The molecule has 4 nitrogen and oxygen atoms in total. The molecule has 0 spiro atoms. The highest BCUT2D eigenvalue weighted by atomic mass is 35.5. The lowest BCUT2D eigenvalue weighted by Crippen LogP contribution is -2.19. The van der Waals surface area contributed by atoms with Crippen molar-refractivity contribution < 1.29 is 12.8 Å². The molecule has 0 aliphatic heterocycles. The molecule has 3 rings (SSSR count). The van der Waals surface area contributed by atoms with Gasteiger partial charge in [0.2, 0.25) is 15.3 Å². The number of fused-ring (bicyclic) bond motifs is 1. The molecule has 0 radical (unpaired) electrons. The van der Waals surface area contributed by atoms with Crippen molar-refractivity contribution in [3.63, 3.8) is 0 Å². The molecule has 0 saturated heterocycles. The molecular formula is C19H17ClFNO3S. The van der Waals surface area contributed by atoms with Gasteiger partial charge in [-0.3, -0.25) is 4.79 Å². The Bertz CT molecular complexity index is 1120. The molecule has 3 aromatic rings. The molecule has 26 heavy (non-hydrogen) atoms. The lowest BCUT2D eigenvalue weighted by Gasteiger charge is -2.14. The highest BCUT2D eigenvalue weighted by Gasteiger charge is 2.24. The summed E-state index contributed by atoms with van der Waals surface area (Å²) in [4.78, 5) is 12.4. The second-order valence-electron chi connectivity index (χ2n) is 5.99. The molecule has 0 N–H and O–H groups in total. The average Bonchev–Trinajstić information content (AvgIpc) is 2.61. The Balaban J connectivity index is 2.30. The fourth-order valence-corrected chi connectivity index (χ4v) is 4.28. The second kappa shape index (κ2) is 7.21. The lowest BCUT2D eigenvalue weighted by atomic mass is 10.2. The second-order valence-corrected chi connectivity index (χ2v) is 8.34. The highest BCUT2D eigenvalue weighted by Crippen LogP contribution is 2.23. The van der Waals surface area contributed by atoms with Crippen LogP contribution >= 0.6 is 11.6 Å². The molecule has 0 unspecified atom stereocenters. The van der Waals surface area contributed by atoms with Gasteiger partial charge in [-0.05, 0) is 48.9 Å². The maximum absolute atomic E-state index is 13.7. The topological polar surface area (TPSA) is 56.1 Å². The summed E-state index contributed by atoms with van der Waals surface area (Å²) < 4.78 is 41.3. The summed E-state index contributed by atoms with van der Waals surface area (Å²) >= 11 is 5.81. The number of unbranched alkanes of at least 4 members (excludes halogenated alkanes) is 1. The Morgan fingerprint density at radius 3 is 2.46 bits per heavy atom. The van der Waals surface area contributed by atoms with E-state index in [4.69, 9.17) is 11.6 Å². The molecule has 1 aromatic heterocycles. The van der Waals surface area contributed by atoms with Crippen LogP contribution < -0.4 is 5.43 Å². The summed E-state index contributed by atoms with van der Waals surface area (Å²) in [5.41, 5.74) is -0.192. The normalized spacial score (nSPS) is 11.8. The highest BCUT2D eigenvalue weighted by molar-refractivity contribution is 7.91. The smallest absolute Gasteiger partial charge is 0.211 e. The van der Waals surface area contributed by atoms with E-state index in [2.05, 4.69) is 0 Å². The van der Waals surface area contributed by atoms with Gasteiger partial charge in [0.15, 0.2) is 0 Å². The van der Waals surface area contributed by atoms with E-state index in [1.165, 1.54) is 42.6 Å². The van der Waals surface area contributed by atoms with Gasteiger partial charge in [0.1, 0.15) is 10.7 Å². The van der Waals surface area contributed by atoms with Crippen LogP contribution in [0.2, 0.25) is 5.02 Å². The minimum absolute atomic E-state index is 0.0307. The van der Waals surface area contributed by atoms with Gasteiger partial charge in [-0.2, -0.15) is 0 Å². The fraction of sp³-hybridized carbons (Fsp3) is 0.211. The van der Waals surface area contributed by atoms with E-state index in [1.54, 1.807) is 4.57 Å². The van der Waals surface area contributed by atoms with Gasteiger partial charge >= 0.3 is 0 Å². The standard InChI is InChI=1S/C19H17ClFNO3S/c1-2-3-10-22-12-18(19(23)16-11-14(21)6-9-17(16)22)26(24,25)15-7-4-13(20)5-8-15/h4-9,11-12H,2-3,10H2,1H3. The summed E-state index contributed by atoms with van der Waals surface area (Å²) in [5, 5.41) is 0.445. The monoisotopic (exact) mass is 393 g/mol. The number of pyridine rings is 1. The molecule has 7 heteroatoms. The first-order valence-electron chi connectivity index (χ1n) is 8.18. The molecule has 1 heterocycles. The lowest BCUT2D eigenvalue weighted by molar-refractivity contribution is 0.590. The van der Waals surface area contributed by atoms with Gasteiger partial charge < -0.3 is 4.57 Å². The number of rotatable bonds is 5. The Hall–Kier alpha value is -2.18. The number of aryl methyl sites for hydroxylation is 1. The first kappa shape index (κ1) is 18.6. The molecule has 0 bridgehead atoms. The predicted molar refractivity (Wildman–Crippen MR) is 100.0 cm³/mol. The Morgan fingerprint density at radius 1 is 1.12 bits per heavy atom. The van der Waals surface area contributed by atoms with Crippen LogP contribution in [0.15, 0.2) is 63.2 Å². The minimum atomic E-state index is -4.05. The van der Waals surface area contributed by atoms with Crippen molar-refractivity contribution in [1.29, 1.82) is 0 Å². The zero-order valence-electron chi connectivity index (χ0n) is 14.1. The quantitative estimate of drug-likeness (QED) is 0.644. The third-order valence-electron chi connectivity index (χ3n) is 4.18. The van der Waals surface area contributed by atoms with Gasteiger partial charge in [0.05, 0.1) is 10.4 Å². The maximum Gasteiger partial charge on any atom is 0.211 e. The van der Waals surface area contributed by atoms with E-state index in [9.17, 15) is 17.6 Å². The fourth-order valence-electron chi connectivity index (χ4n) is 2.79. The van der Waals surface area contributed by atoms with Gasteiger partial charge in [-0.15, -0.1) is 0 Å². The Kier molecular flexibility index (Phi) is 5.16. The van der Waals surface area contributed by atoms with E-state index in [-0.39, 0.29) is 15.2 Å². The van der Waals surface area contributed by atoms with Gasteiger partial charge in [-0.25, -0.2) is 12.8 Å². The van der Waals surface area contributed by atoms with Crippen molar-refractivity contribution in [3.05, 3.63) is 69.7 Å². The zero-order valence-corrected chi connectivity index (χ0v) is 15.6. The minimum Gasteiger partial charge on any atom is -0.346 e. The van der Waals surface area contributed by atoms with Gasteiger partial charge in [0, 0.05) is 23.2 Å². The van der Waals surface area contributed by atoms with Crippen LogP contribution in [0.5, 0.6) is 0 Å². The molecule has 0 amide bonds. The third-order valence-corrected chi connectivity index (χ3v) is 6.19. The Labute approximate surface area is 155 Å². The van der Waals surface area contributed by atoms with Crippen molar-refractivity contribution in [3.8, 4) is 0 Å². The number of benzene rings is 2.